The van der Waals surface area contributed by atoms with Gasteiger partial charge in [0.1, 0.15) is 0 Å². The number of phenolic OH excluding ortho intramolecular Hbond substituents is 1. The minimum absolute atomic E-state index is 0.148. The zero-order valence-corrected chi connectivity index (χ0v) is 13.1. The summed E-state index contributed by atoms with van der Waals surface area (Å²) in [6.45, 7) is 6.86. The maximum Gasteiger partial charge on any atom is 0.172 e. The van der Waals surface area contributed by atoms with Gasteiger partial charge in [0.05, 0.1) is 23.8 Å². The highest BCUT2D eigenvalue weighted by atomic mass is 79.9. The third-order valence-electron chi connectivity index (χ3n) is 3.21. The predicted molar refractivity (Wildman–Crippen MR) is 77.6 cm³/mol. The van der Waals surface area contributed by atoms with Gasteiger partial charge < -0.3 is 14.6 Å². The van der Waals surface area contributed by atoms with E-state index in [1.54, 1.807) is 7.11 Å². The molecule has 1 saturated heterocycles. The van der Waals surface area contributed by atoms with Crippen molar-refractivity contribution in [3.63, 3.8) is 0 Å². The number of aromatic hydroxyl groups is 1. The van der Waals surface area contributed by atoms with Gasteiger partial charge in [-0.25, -0.2) is 0 Å². The summed E-state index contributed by atoms with van der Waals surface area (Å²) in [6.07, 6.45) is 0.511. The summed E-state index contributed by atoms with van der Waals surface area (Å²) in [7, 11) is 1.56. The summed E-state index contributed by atoms with van der Waals surface area (Å²) < 4.78 is 11.6. The van der Waals surface area contributed by atoms with Crippen LogP contribution in [-0.2, 0) is 11.3 Å². The number of nitrogens with zero attached hydrogens (tertiary/aromatic N) is 1. The summed E-state index contributed by atoms with van der Waals surface area (Å²) in [5.41, 5.74) is 1.11. The van der Waals surface area contributed by atoms with Crippen LogP contribution in [-0.4, -0.2) is 42.4 Å². The predicted octanol–water partition coefficient (Wildman–Crippen LogP) is 2.77. The van der Waals surface area contributed by atoms with E-state index < -0.39 is 0 Å². The molecule has 0 saturated carbocycles. The smallest absolute Gasteiger partial charge is 0.172 e. The second-order valence-electron chi connectivity index (χ2n) is 5.08. The van der Waals surface area contributed by atoms with Crippen molar-refractivity contribution in [3.05, 3.63) is 22.2 Å². The van der Waals surface area contributed by atoms with Crippen molar-refractivity contribution in [2.45, 2.75) is 32.6 Å². The van der Waals surface area contributed by atoms with Gasteiger partial charge in [0.2, 0.25) is 0 Å². The summed E-state index contributed by atoms with van der Waals surface area (Å²) >= 11 is 3.35. The summed E-state index contributed by atoms with van der Waals surface area (Å²) in [5, 5.41) is 9.81. The maximum absolute atomic E-state index is 9.81. The fourth-order valence-corrected chi connectivity index (χ4v) is 3.04. The summed E-state index contributed by atoms with van der Waals surface area (Å²) in [5.74, 6) is 0.647. The minimum atomic E-state index is 0.148. The number of morpholine rings is 1. The Morgan fingerprint density at radius 2 is 2.00 bits per heavy atom. The lowest BCUT2D eigenvalue weighted by molar-refractivity contribution is -0.0705. The minimum Gasteiger partial charge on any atom is -0.503 e. The highest BCUT2D eigenvalue weighted by molar-refractivity contribution is 9.10. The summed E-state index contributed by atoms with van der Waals surface area (Å²) in [4.78, 5) is 2.36. The van der Waals surface area contributed by atoms with Crippen molar-refractivity contribution in [1.29, 1.82) is 0 Å². The van der Waals surface area contributed by atoms with Crippen LogP contribution in [0.4, 0.5) is 0 Å². The van der Waals surface area contributed by atoms with E-state index in [9.17, 15) is 5.11 Å². The molecule has 2 rings (SSSR count). The lowest BCUT2D eigenvalue weighted by Gasteiger charge is -2.35. The van der Waals surface area contributed by atoms with Gasteiger partial charge in [-0.05, 0) is 47.5 Å². The Kier molecular flexibility index (Phi) is 4.71. The van der Waals surface area contributed by atoms with Gasteiger partial charge in [-0.2, -0.15) is 0 Å². The fraction of sp³-hybridized carbons (Fsp3) is 0.571. The van der Waals surface area contributed by atoms with E-state index in [0.717, 1.165) is 25.2 Å². The van der Waals surface area contributed by atoms with E-state index in [0.29, 0.717) is 10.2 Å². The van der Waals surface area contributed by atoms with Crippen molar-refractivity contribution in [3.8, 4) is 11.5 Å². The van der Waals surface area contributed by atoms with E-state index in [4.69, 9.17) is 9.47 Å². The molecule has 0 bridgehead atoms. The topological polar surface area (TPSA) is 41.9 Å². The Hall–Kier alpha value is -0.780. The Morgan fingerprint density at radius 3 is 2.58 bits per heavy atom. The first-order chi connectivity index (χ1) is 8.99. The Balaban J connectivity index is 2.12. The van der Waals surface area contributed by atoms with Crippen LogP contribution in [0, 0.1) is 0 Å². The molecule has 106 valence electrons. The van der Waals surface area contributed by atoms with Crippen LogP contribution >= 0.6 is 15.9 Å². The fourth-order valence-electron chi connectivity index (χ4n) is 2.55. The van der Waals surface area contributed by atoms with Crippen LogP contribution in [0.5, 0.6) is 11.5 Å². The van der Waals surface area contributed by atoms with E-state index >= 15 is 0 Å². The molecule has 5 heteroatoms. The van der Waals surface area contributed by atoms with Gasteiger partial charge in [0.25, 0.3) is 0 Å². The van der Waals surface area contributed by atoms with Crippen molar-refractivity contribution >= 4 is 15.9 Å². The van der Waals surface area contributed by atoms with Gasteiger partial charge >= 0.3 is 0 Å². The molecule has 0 aliphatic carbocycles. The van der Waals surface area contributed by atoms with Crippen LogP contribution in [0.2, 0.25) is 0 Å². The van der Waals surface area contributed by atoms with Crippen molar-refractivity contribution in [1.82, 2.24) is 4.90 Å². The largest absolute Gasteiger partial charge is 0.503 e. The van der Waals surface area contributed by atoms with Crippen molar-refractivity contribution < 1.29 is 14.6 Å². The van der Waals surface area contributed by atoms with Crippen molar-refractivity contribution in [2.24, 2.45) is 0 Å². The van der Waals surface area contributed by atoms with Crippen LogP contribution in [0.25, 0.3) is 0 Å². The highest BCUT2D eigenvalue weighted by Crippen LogP contribution is 2.35. The molecule has 19 heavy (non-hydrogen) atoms. The number of hydrogen-bond acceptors (Lipinski definition) is 4. The number of benzene rings is 1. The molecule has 1 heterocycles. The Labute approximate surface area is 122 Å². The zero-order valence-electron chi connectivity index (χ0n) is 11.5. The molecule has 1 aliphatic heterocycles. The molecule has 0 spiro atoms. The average Bonchev–Trinajstić information content (AvgIpc) is 2.32. The maximum atomic E-state index is 9.81. The molecular formula is C14H20BrNO3. The Bertz CT molecular complexity index is 443. The number of phenols is 1. The molecule has 0 amide bonds. The van der Waals surface area contributed by atoms with Gasteiger partial charge in [-0.1, -0.05) is 0 Å². The standard InChI is InChI=1S/C14H20BrNO3/c1-9-6-16(7-10(2)19-9)8-11-4-12(15)14(17)13(5-11)18-3/h4-5,9-10,17H,6-8H2,1-3H3/t9-,10-/m0/s1. The van der Waals surface area contributed by atoms with Gasteiger partial charge in [-0.15, -0.1) is 0 Å². The average molecular weight is 330 g/mol. The van der Waals surface area contributed by atoms with Crippen molar-refractivity contribution in [2.75, 3.05) is 20.2 Å². The van der Waals surface area contributed by atoms with Crippen LogP contribution in [0.3, 0.4) is 0 Å². The number of ether oxygens (including phenoxy) is 2. The van der Waals surface area contributed by atoms with Crippen LogP contribution in [0.15, 0.2) is 16.6 Å². The zero-order chi connectivity index (χ0) is 14.0. The lowest BCUT2D eigenvalue weighted by atomic mass is 10.1. The molecule has 0 aromatic heterocycles. The SMILES string of the molecule is COc1cc(CN2C[C@H](C)O[C@@H](C)C2)cc(Br)c1O. The molecule has 4 nitrogen and oxygen atoms in total. The Morgan fingerprint density at radius 1 is 1.37 bits per heavy atom. The molecule has 1 fully saturated rings. The monoisotopic (exact) mass is 329 g/mol. The lowest BCUT2D eigenvalue weighted by Crippen LogP contribution is -2.44. The van der Waals surface area contributed by atoms with Gasteiger partial charge in [0, 0.05) is 19.6 Å². The quantitative estimate of drug-likeness (QED) is 0.925. The normalized spacial score (nSPS) is 24.4. The molecular weight excluding hydrogens is 310 g/mol. The first kappa shape index (κ1) is 14.6. The second-order valence-corrected chi connectivity index (χ2v) is 5.93. The molecule has 0 radical (unpaired) electrons. The second kappa shape index (κ2) is 6.11. The van der Waals surface area contributed by atoms with E-state index in [2.05, 4.69) is 34.7 Å². The third-order valence-corrected chi connectivity index (χ3v) is 3.81. The molecule has 1 N–H and O–H groups in total. The molecule has 2 atom stereocenters. The van der Waals surface area contributed by atoms with Crippen LogP contribution in [0.1, 0.15) is 19.4 Å². The number of halogens is 1. The number of methoxy groups -OCH3 is 1. The molecule has 0 unspecified atom stereocenters. The van der Waals surface area contributed by atoms with Gasteiger partial charge in [-0.3, -0.25) is 4.90 Å². The van der Waals surface area contributed by atoms with Gasteiger partial charge in [0.15, 0.2) is 11.5 Å². The molecule has 1 aliphatic rings. The van der Waals surface area contributed by atoms with Crippen LogP contribution < -0.4 is 4.74 Å². The van der Waals surface area contributed by atoms with E-state index in [-0.39, 0.29) is 18.0 Å². The number of hydrogen-bond donors (Lipinski definition) is 1. The molecule has 1 aromatic carbocycles. The van der Waals surface area contributed by atoms with E-state index in [1.165, 1.54) is 0 Å². The van der Waals surface area contributed by atoms with E-state index in [1.807, 2.05) is 12.1 Å². The number of rotatable bonds is 3. The highest BCUT2D eigenvalue weighted by Gasteiger charge is 2.22. The molecule has 1 aromatic rings. The first-order valence-electron chi connectivity index (χ1n) is 6.42. The first-order valence-corrected chi connectivity index (χ1v) is 7.22. The third kappa shape index (κ3) is 3.61. The summed E-state index contributed by atoms with van der Waals surface area (Å²) in [6, 6.07) is 3.81.